The Kier molecular flexibility index (Phi) is 9.87. The van der Waals surface area contributed by atoms with E-state index in [1.807, 2.05) is 91.0 Å². The zero-order valence-corrected chi connectivity index (χ0v) is 21.0. The standard InChI is InChI=1S/C31H33NO5/c1-3-27-29(32-23(2)33)31(36-21-26-17-11-6-12-18-26)30(35-20-25-15-9-5-10-16-25)28(37-27)22-34-19-24-13-7-4-8-14-24/h1,4-18,27-31H,19-22H2,2H3,(H,32,33)/t27-,28+,29-,30-,31+/m0/s1. The number of nitrogens with one attached hydrogen (secondary N) is 1. The van der Waals surface area contributed by atoms with Crippen molar-refractivity contribution in [1.82, 2.24) is 5.32 Å². The van der Waals surface area contributed by atoms with Crippen LogP contribution in [0.5, 0.6) is 0 Å². The molecule has 0 unspecified atom stereocenters. The third-order valence-corrected chi connectivity index (χ3v) is 6.19. The van der Waals surface area contributed by atoms with Crippen LogP contribution in [-0.4, -0.2) is 43.0 Å². The van der Waals surface area contributed by atoms with Crippen molar-refractivity contribution in [3.05, 3.63) is 108 Å². The van der Waals surface area contributed by atoms with E-state index in [0.717, 1.165) is 16.7 Å². The van der Waals surface area contributed by atoms with Gasteiger partial charge in [-0.15, -0.1) is 6.42 Å². The molecule has 3 aromatic rings. The van der Waals surface area contributed by atoms with Gasteiger partial charge >= 0.3 is 0 Å². The van der Waals surface area contributed by atoms with Crippen molar-refractivity contribution in [2.75, 3.05) is 6.61 Å². The van der Waals surface area contributed by atoms with Gasteiger partial charge < -0.3 is 24.3 Å². The number of benzene rings is 3. The Morgan fingerprint density at radius 3 is 1.78 bits per heavy atom. The SMILES string of the molecule is C#C[C@@H]1O[C@H](COCc2ccccc2)[C@H](OCc2ccccc2)[C@H](OCc2ccccc2)[C@H]1NC(C)=O. The fourth-order valence-electron chi connectivity index (χ4n) is 4.41. The Balaban J connectivity index is 1.57. The number of carbonyl (C=O) groups excluding carboxylic acids is 1. The average molecular weight is 500 g/mol. The van der Waals surface area contributed by atoms with Gasteiger partial charge in [0.2, 0.25) is 5.91 Å². The van der Waals surface area contributed by atoms with E-state index in [9.17, 15) is 4.79 Å². The molecule has 0 aromatic heterocycles. The second-order valence-corrected chi connectivity index (χ2v) is 9.01. The van der Waals surface area contributed by atoms with E-state index in [4.69, 9.17) is 25.4 Å². The highest BCUT2D eigenvalue weighted by atomic mass is 16.6. The van der Waals surface area contributed by atoms with Crippen LogP contribution in [0.15, 0.2) is 91.0 Å². The minimum absolute atomic E-state index is 0.220. The maximum absolute atomic E-state index is 12.1. The Hall–Kier alpha value is -3.47. The van der Waals surface area contributed by atoms with Gasteiger partial charge in [-0.3, -0.25) is 4.79 Å². The Bertz CT molecular complexity index is 1130. The molecule has 1 amide bonds. The van der Waals surface area contributed by atoms with Crippen LogP contribution in [0.4, 0.5) is 0 Å². The van der Waals surface area contributed by atoms with Gasteiger partial charge in [0, 0.05) is 6.92 Å². The van der Waals surface area contributed by atoms with Gasteiger partial charge in [0.05, 0.1) is 32.5 Å². The molecule has 0 radical (unpaired) electrons. The molecule has 1 aliphatic rings. The van der Waals surface area contributed by atoms with Crippen molar-refractivity contribution in [2.45, 2.75) is 57.2 Å². The second kappa shape index (κ2) is 13.7. The minimum Gasteiger partial charge on any atom is -0.374 e. The van der Waals surface area contributed by atoms with Gasteiger partial charge in [-0.05, 0) is 16.7 Å². The zero-order chi connectivity index (χ0) is 25.9. The fraction of sp³-hybridized carbons (Fsp3) is 0.323. The number of hydrogen-bond acceptors (Lipinski definition) is 5. The minimum atomic E-state index is -0.702. The number of carbonyl (C=O) groups is 1. The number of amides is 1. The first-order chi connectivity index (χ1) is 18.1. The van der Waals surface area contributed by atoms with Gasteiger partial charge in [-0.1, -0.05) is 96.9 Å². The third kappa shape index (κ3) is 7.75. The molecule has 4 rings (SSSR count). The van der Waals surface area contributed by atoms with Crippen molar-refractivity contribution in [3.8, 4) is 12.3 Å². The summed E-state index contributed by atoms with van der Waals surface area (Å²) in [4.78, 5) is 12.1. The molecule has 3 aromatic carbocycles. The van der Waals surface area contributed by atoms with Gasteiger partial charge in [0.25, 0.3) is 0 Å². The first-order valence-corrected chi connectivity index (χ1v) is 12.5. The van der Waals surface area contributed by atoms with Gasteiger partial charge in [0.15, 0.2) is 0 Å². The fourth-order valence-corrected chi connectivity index (χ4v) is 4.41. The lowest BCUT2D eigenvalue weighted by atomic mass is 9.92. The van der Waals surface area contributed by atoms with E-state index in [1.54, 1.807) is 0 Å². The van der Waals surface area contributed by atoms with Gasteiger partial charge in [0.1, 0.15) is 24.4 Å². The molecule has 6 heteroatoms. The summed E-state index contributed by atoms with van der Waals surface area (Å²) in [5.74, 6) is 2.47. The van der Waals surface area contributed by atoms with Crippen LogP contribution < -0.4 is 5.32 Å². The number of ether oxygens (including phenoxy) is 4. The normalized spacial score (nSPS) is 23.2. The molecule has 1 fully saturated rings. The molecule has 192 valence electrons. The molecule has 1 N–H and O–H groups in total. The lowest BCUT2D eigenvalue weighted by Gasteiger charge is -2.45. The second-order valence-electron chi connectivity index (χ2n) is 9.01. The maximum Gasteiger partial charge on any atom is 0.217 e. The molecule has 0 spiro atoms. The predicted molar refractivity (Wildman–Crippen MR) is 141 cm³/mol. The quantitative estimate of drug-likeness (QED) is 0.399. The Morgan fingerprint density at radius 1 is 0.811 bits per heavy atom. The van der Waals surface area contributed by atoms with Crippen molar-refractivity contribution >= 4 is 5.91 Å². The van der Waals surface area contributed by atoms with Crippen molar-refractivity contribution < 1.29 is 23.7 Å². The van der Waals surface area contributed by atoms with Crippen LogP contribution in [-0.2, 0) is 43.6 Å². The van der Waals surface area contributed by atoms with Gasteiger partial charge in [-0.2, -0.15) is 0 Å². The molecule has 0 saturated carbocycles. The van der Waals surface area contributed by atoms with E-state index in [2.05, 4.69) is 11.2 Å². The first kappa shape index (κ1) is 26.6. The molecular weight excluding hydrogens is 466 g/mol. The van der Waals surface area contributed by atoms with Crippen molar-refractivity contribution in [1.29, 1.82) is 0 Å². The number of terminal acetylenes is 1. The van der Waals surface area contributed by atoms with Crippen LogP contribution in [0, 0.1) is 12.3 Å². The molecule has 37 heavy (non-hydrogen) atoms. The van der Waals surface area contributed by atoms with Crippen LogP contribution in [0.25, 0.3) is 0 Å². The highest BCUT2D eigenvalue weighted by molar-refractivity contribution is 5.73. The lowest BCUT2D eigenvalue weighted by Crippen LogP contribution is -2.65. The predicted octanol–water partition coefficient (Wildman–Crippen LogP) is 4.28. The van der Waals surface area contributed by atoms with Crippen LogP contribution in [0.3, 0.4) is 0 Å². The molecule has 1 saturated heterocycles. The molecule has 0 bridgehead atoms. The van der Waals surface area contributed by atoms with Crippen molar-refractivity contribution in [2.24, 2.45) is 0 Å². The molecule has 0 aliphatic carbocycles. The molecular formula is C31H33NO5. The summed E-state index contributed by atoms with van der Waals surface area (Å²) in [7, 11) is 0. The Labute approximate surface area is 218 Å². The summed E-state index contributed by atoms with van der Waals surface area (Å²) in [6.45, 7) is 2.82. The van der Waals surface area contributed by atoms with E-state index >= 15 is 0 Å². The highest BCUT2D eigenvalue weighted by Crippen LogP contribution is 2.28. The summed E-state index contributed by atoms with van der Waals surface area (Å²) in [5, 5.41) is 2.95. The van der Waals surface area contributed by atoms with Crippen LogP contribution in [0.2, 0.25) is 0 Å². The lowest BCUT2D eigenvalue weighted by molar-refractivity contribution is -0.222. The van der Waals surface area contributed by atoms with E-state index < -0.39 is 30.5 Å². The van der Waals surface area contributed by atoms with Gasteiger partial charge in [-0.25, -0.2) is 0 Å². The largest absolute Gasteiger partial charge is 0.374 e. The summed E-state index contributed by atoms with van der Waals surface area (Å²) < 4.78 is 25.2. The maximum atomic E-state index is 12.1. The summed E-state index contributed by atoms with van der Waals surface area (Å²) in [6.07, 6.45) is 3.56. The van der Waals surface area contributed by atoms with Crippen molar-refractivity contribution in [3.63, 3.8) is 0 Å². The molecule has 1 aliphatic heterocycles. The Morgan fingerprint density at radius 2 is 1.30 bits per heavy atom. The number of rotatable bonds is 11. The number of hydrogen-bond donors (Lipinski definition) is 1. The van der Waals surface area contributed by atoms with E-state index in [-0.39, 0.29) is 12.5 Å². The molecule has 6 nitrogen and oxygen atoms in total. The monoisotopic (exact) mass is 499 g/mol. The first-order valence-electron chi connectivity index (χ1n) is 12.5. The molecule has 1 heterocycles. The average Bonchev–Trinajstić information content (AvgIpc) is 2.93. The van der Waals surface area contributed by atoms with E-state index in [0.29, 0.717) is 19.8 Å². The zero-order valence-electron chi connectivity index (χ0n) is 21.0. The summed E-state index contributed by atoms with van der Waals surface area (Å²) >= 11 is 0. The van der Waals surface area contributed by atoms with E-state index in [1.165, 1.54) is 6.92 Å². The van der Waals surface area contributed by atoms with Crippen LogP contribution >= 0.6 is 0 Å². The highest BCUT2D eigenvalue weighted by Gasteiger charge is 2.47. The summed E-state index contributed by atoms with van der Waals surface area (Å²) in [5.41, 5.74) is 3.08. The smallest absolute Gasteiger partial charge is 0.217 e. The molecule has 5 atom stereocenters. The topological polar surface area (TPSA) is 66.0 Å². The summed E-state index contributed by atoms with van der Waals surface area (Å²) in [6, 6.07) is 29.1. The third-order valence-electron chi connectivity index (χ3n) is 6.19. The van der Waals surface area contributed by atoms with Crippen LogP contribution in [0.1, 0.15) is 23.6 Å².